The number of furan rings is 1. The number of hydrogen-bond donors (Lipinski definition) is 1. The maximum Gasteiger partial charge on any atom is 0.317 e. The Balaban J connectivity index is 1.72. The predicted molar refractivity (Wildman–Crippen MR) is 92.1 cm³/mol. The topological polar surface area (TPSA) is 68.5 Å². The second kappa shape index (κ2) is 5.67. The van der Waals surface area contributed by atoms with Crippen molar-refractivity contribution in [1.29, 1.82) is 0 Å². The lowest BCUT2D eigenvalue weighted by atomic mass is 10.1. The third-order valence-electron chi connectivity index (χ3n) is 3.76. The molecule has 0 amide bonds. The van der Waals surface area contributed by atoms with Crippen LogP contribution in [-0.4, -0.2) is 8.42 Å². The van der Waals surface area contributed by atoms with Gasteiger partial charge in [-0.3, -0.25) is 0 Å². The molecule has 0 saturated heterocycles. The first-order valence-corrected chi connectivity index (χ1v) is 8.69. The normalized spacial score (nSPS) is 11.8. The van der Waals surface area contributed by atoms with E-state index in [9.17, 15) is 8.42 Å². The van der Waals surface area contributed by atoms with Gasteiger partial charge >= 0.3 is 10.1 Å². The Bertz CT molecular complexity index is 1120. The van der Waals surface area contributed by atoms with Crippen LogP contribution >= 0.6 is 0 Å². The first-order valence-electron chi connectivity index (χ1n) is 7.29. The minimum Gasteiger partial charge on any atom is -0.462 e. The lowest BCUT2D eigenvalue weighted by Gasteiger charge is -2.07. The van der Waals surface area contributed by atoms with E-state index in [1.165, 1.54) is 18.4 Å². The maximum atomic E-state index is 12.2. The summed E-state index contributed by atoms with van der Waals surface area (Å²) in [5.41, 5.74) is 3.63. The summed E-state index contributed by atoms with van der Waals surface area (Å²) in [6.45, 7) is 0. The molecule has 4 aromatic rings. The van der Waals surface area contributed by atoms with E-state index < -0.39 is 10.1 Å². The van der Waals surface area contributed by atoms with Gasteiger partial charge in [-0.1, -0.05) is 48.5 Å². The summed E-state index contributed by atoms with van der Waals surface area (Å²) in [4.78, 5) is 0.0789. The molecule has 4 rings (SSSR count). The summed E-state index contributed by atoms with van der Waals surface area (Å²) in [7, 11) is -3.91. The zero-order chi connectivity index (χ0) is 16.6. The van der Waals surface area contributed by atoms with Gasteiger partial charge in [0.05, 0.1) is 10.3 Å². The Kier molecular flexibility index (Phi) is 3.48. The molecule has 0 unspecified atom stereocenters. The van der Waals surface area contributed by atoms with Gasteiger partial charge in [0, 0.05) is 0 Å². The second-order valence-electron chi connectivity index (χ2n) is 5.26. The molecule has 0 aliphatic heterocycles. The van der Waals surface area contributed by atoms with E-state index in [2.05, 4.69) is 5.48 Å². The van der Waals surface area contributed by atoms with Gasteiger partial charge in [0.2, 0.25) is 0 Å². The van der Waals surface area contributed by atoms with Crippen LogP contribution in [0.5, 0.6) is 0 Å². The fourth-order valence-electron chi connectivity index (χ4n) is 2.62. The molecule has 0 atom stereocenters. The Morgan fingerprint density at radius 2 is 1.62 bits per heavy atom. The average molecular weight is 339 g/mol. The van der Waals surface area contributed by atoms with E-state index in [0.29, 0.717) is 11.3 Å². The monoisotopic (exact) mass is 339 g/mol. The third kappa shape index (κ3) is 2.51. The molecule has 0 bridgehead atoms. The highest BCUT2D eigenvalue weighted by molar-refractivity contribution is 7.86. The van der Waals surface area contributed by atoms with Crippen molar-refractivity contribution in [1.82, 2.24) is 0 Å². The standard InChI is InChI=1S/C18H13NO4S/c20-24(21,14-7-2-1-3-8-14)23-19-16-12-22-17-11-10-13-6-4-5-9-15(13)18(16)17/h1-12,19H. The molecule has 0 fully saturated rings. The average Bonchev–Trinajstić information content (AvgIpc) is 3.04. The number of fused-ring (bicyclic) bond motifs is 3. The van der Waals surface area contributed by atoms with Crippen LogP contribution in [0.25, 0.3) is 21.7 Å². The Hall–Kier alpha value is -2.83. The second-order valence-corrected chi connectivity index (χ2v) is 6.81. The van der Waals surface area contributed by atoms with Crippen LogP contribution in [0.3, 0.4) is 0 Å². The van der Waals surface area contributed by atoms with Crippen molar-refractivity contribution in [3.63, 3.8) is 0 Å². The molecule has 24 heavy (non-hydrogen) atoms. The van der Waals surface area contributed by atoms with Gasteiger partial charge < -0.3 is 4.42 Å². The molecule has 1 aromatic heterocycles. The number of hydrogen-bond acceptors (Lipinski definition) is 5. The van der Waals surface area contributed by atoms with Crippen molar-refractivity contribution in [3.05, 3.63) is 73.0 Å². The summed E-state index contributed by atoms with van der Waals surface area (Å²) in [6.07, 6.45) is 1.44. The van der Waals surface area contributed by atoms with E-state index in [0.717, 1.165) is 16.2 Å². The van der Waals surface area contributed by atoms with Gasteiger partial charge in [-0.2, -0.15) is 8.42 Å². The van der Waals surface area contributed by atoms with Gasteiger partial charge in [0.15, 0.2) is 0 Å². The summed E-state index contributed by atoms with van der Waals surface area (Å²) < 4.78 is 34.9. The van der Waals surface area contributed by atoms with E-state index in [-0.39, 0.29) is 4.90 Å². The van der Waals surface area contributed by atoms with E-state index in [1.54, 1.807) is 18.2 Å². The van der Waals surface area contributed by atoms with Gasteiger partial charge in [-0.05, 0) is 29.0 Å². The lowest BCUT2D eigenvalue weighted by molar-refractivity contribution is 0.390. The van der Waals surface area contributed by atoms with E-state index in [1.807, 2.05) is 36.4 Å². The van der Waals surface area contributed by atoms with Crippen molar-refractivity contribution in [2.45, 2.75) is 4.90 Å². The molecule has 0 spiro atoms. The quantitative estimate of drug-likeness (QED) is 0.561. The van der Waals surface area contributed by atoms with Gasteiger partial charge in [0.1, 0.15) is 17.5 Å². The summed E-state index contributed by atoms with van der Waals surface area (Å²) >= 11 is 0. The van der Waals surface area contributed by atoms with Crippen LogP contribution in [0.2, 0.25) is 0 Å². The lowest BCUT2D eigenvalue weighted by Crippen LogP contribution is -2.11. The van der Waals surface area contributed by atoms with Crippen molar-refractivity contribution in [2.24, 2.45) is 0 Å². The van der Waals surface area contributed by atoms with Crippen molar-refractivity contribution in [3.8, 4) is 0 Å². The van der Waals surface area contributed by atoms with Crippen molar-refractivity contribution >= 4 is 37.5 Å². The minimum atomic E-state index is -3.91. The predicted octanol–water partition coefficient (Wildman–Crippen LogP) is 4.32. The molecule has 1 N–H and O–H groups in total. The molecule has 6 heteroatoms. The molecule has 5 nitrogen and oxygen atoms in total. The zero-order valence-corrected chi connectivity index (χ0v) is 13.3. The zero-order valence-electron chi connectivity index (χ0n) is 12.5. The SMILES string of the molecule is O=S(=O)(ONc1coc2ccc3ccccc3c12)c1ccccc1. The van der Waals surface area contributed by atoms with Crippen LogP contribution in [-0.2, 0) is 14.4 Å². The molecular weight excluding hydrogens is 326 g/mol. The highest BCUT2D eigenvalue weighted by Gasteiger charge is 2.17. The van der Waals surface area contributed by atoms with E-state index in [4.69, 9.17) is 8.70 Å². The molecule has 0 saturated carbocycles. The first-order chi connectivity index (χ1) is 11.6. The third-order valence-corrected chi connectivity index (χ3v) is 4.91. The van der Waals surface area contributed by atoms with Crippen molar-refractivity contribution in [2.75, 3.05) is 5.48 Å². The van der Waals surface area contributed by atoms with Crippen molar-refractivity contribution < 1.29 is 17.1 Å². The van der Waals surface area contributed by atoms with Crippen LogP contribution in [0, 0.1) is 0 Å². The molecule has 1 heterocycles. The van der Waals surface area contributed by atoms with Gasteiger partial charge in [0.25, 0.3) is 0 Å². The fraction of sp³-hybridized carbons (Fsp3) is 0. The molecule has 0 aliphatic rings. The summed E-state index contributed by atoms with van der Waals surface area (Å²) in [5, 5.41) is 2.75. The smallest absolute Gasteiger partial charge is 0.317 e. The molecule has 0 radical (unpaired) electrons. The largest absolute Gasteiger partial charge is 0.462 e. The van der Waals surface area contributed by atoms with Gasteiger partial charge in [-0.25, -0.2) is 5.48 Å². The highest BCUT2D eigenvalue weighted by atomic mass is 32.2. The Labute approximate surface area is 138 Å². The Morgan fingerprint density at radius 3 is 2.46 bits per heavy atom. The maximum absolute atomic E-state index is 12.2. The number of rotatable bonds is 4. The van der Waals surface area contributed by atoms with Crippen LogP contribution in [0.4, 0.5) is 5.69 Å². The van der Waals surface area contributed by atoms with Crippen LogP contribution in [0.15, 0.2) is 82.3 Å². The molecular formula is C18H13NO4S. The van der Waals surface area contributed by atoms with Crippen LogP contribution < -0.4 is 5.48 Å². The minimum absolute atomic E-state index is 0.0789. The van der Waals surface area contributed by atoms with Gasteiger partial charge in [-0.15, -0.1) is 4.28 Å². The molecule has 3 aromatic carbocycles. The fourth-order valence-corrected chi connectivity index (χ4v) is 3.41. The molecule has 0 aliphatic carbocycles. The summed E-state index contributed by atoms with van der Waals surface area (Å²) in [5.74, 6) is 0. The van der Waals surface area contributed by atoms with Crippen LogP contribution in [0.1, 0.15) is 0 Å². The molecule has 120 valence electrons. The number of anilines is 1. The highest BCUT2D eigenvalue weighted by Crippen LogP contribution is 2.33. The number of nitrogens with one attached hydrogen (secondary N) is 1. The van der Waals surface area contributed by atoms with E-state index >= 15 is 0 Å². The number of benzene rings is 3. The summed E-state index contributed by atoms with van der Waals surface area (Å²) in [6, 6.07) is 19.5. The first kappa shape index (κ1) is 14.7. The Morgan fingerprint density at radius 1 is 0.875 bits per heavy atom.